The van der Waals surface area contributed by atoms with Crippen molar-refractivity contribution in [3.8, 4) is 6.07 Å². The largest absolute Gasteiger partial charge is 0.192 e. The molecule has 0 aromatic heterocycles. The maximum absolute atomic E-state index is 9.04. The van der Waals surface area contributed by atoms with E-state index in [9.17, 15) is 0 Å². The first-order valence-electron chi connectivity index (χ1n) is 9.83. The van der Waals surface area contributed by atoms with Crippen LogP contribution in [0.25, 0.3) is 0 Å². The number of hydrogen-bond acceptors (Lipinski definition) is 1. The van der Waals surface area contributed by atoms with Crippen LogP contribution in [0.15, 0.2) is 24.3 Å². The number of rotatable bonds is 9. The van der Waals surface area contributed by atoms with Gasteiger partial charge in [0.25, 0.3) is 0 Å². The maximum Gasteiger partial charge on any atom is 0.0991 e. The molecule has 23 heavy (non-hydrogen) atoms. The standard InChI is InChI=1S/C22H33N/c1-2-3-4-5-6-7-8-10-19-13-15-21(16-14-19)22-12-9-11-20(17-22)18-23/h9,11-12,17,19,21H,2-8,10,13-16H2,1H3. The monoisotopic (exact) mass is 311 g/mol. The average Bonchev–Trinajstić information content (AvgIpc) is 2.61. The molecule has 0 spiro atoms. The maximum atomic E-state index is 9.04. The minimum absolute atomic E-state index is 0.689. The first kappa shape index (κ1) is 18.1. The molecule has 126 valence electrons. The minimum Gasteiger partial charge on any atom is -0.192 e. The lowest BCUT2D eigenvalue weighted by atomic mass is 9.77. The summed E-state index contributed by atoms with van der Waals surface area (Å²) in [4.78, 5) is 0. The van der Waals surface area contributed by atoms with Gasteiger partial charge < -0.3 is 0 Å². The van der Waals surface area contributed by atoms with E-state index in [-0.39, 0.29) is 0 Å². The minimum atomic E-state index is 0.689. The Hall–Kier alpha value is -1.29. The highest BCUT2D eigenvalue weighted by Gasteiger charge is 2.22. The number of nitrogens with zero attached hydrogens (tertiary/aromatic N) is 1. The lowest BCUT2D eigenvalue weighted by Gasteiger charge is -2.29. The fourth-order valence-corrected chi connectivity index (χ4v) is 4.04. The summed E-state index contributed by atoms with van der Waals surface area (Å²) >= 11 is 0. The number of unbranched alkanes of at least 4 members (excludes halogenated alkanes) is 6. The molecule has 1 heteroatoms. The molecule has 1 aromatic rings. The van der Waals surface area contributed by atoms with Crippen molar-refractivity contribution in [3.63, 3.8) is 0 Å². The Morgan fingerprint density at radius 3 is 2.35 bits per heavy atom. The quantitative estimate of drug-likeness (QED) is 0.451. The Labute approximate surface area is 143 Å². The fraction of sp³-hybridized carbons (Fsp3) is 0.682. The predicted molar refractivity (Wildman–Crippen MR) is 98.5 cm³/mol. The van der Waals surface area contributed by atoms with Crippen LogP contribution in [-0.2, 0) is 0 Å². The Morgan fingerprint density at radius 2 is 1.65 bits per heavy atom. The third-order valence-electron chi connectivity index (χ3n) is 5.55. The molecule has 0 radical (unpaired) electrons. The van der Waals surface area contributed by atoms with Crippen molar-refractivity contribution in [1.82, 2.24) is 0 Å². The summed E-state index contributed by atoms with van der Waals surface area (Å²) in [6, 6.07) is 10.5. The highest BCUT2D eigenvalue weighted by Crippen LogP contribution is 2.37. The molecule has 0 saturated heterocycles. The van der Waals surface area contributed by atoms with Crippen molar-refractivity contribution in [1.29, 1.82) is 5.26 Å². The molecule has 1 saturated carbocycles. The van der Waals surface area contributed by atoms with Crippen molar-refractivity contribution >= 4 is 0 Å². The van der Waals surface area contributed by atoms with Crippen LogP contribution in [0.2, 0.25) is 0 Å². The van der Waals surface area contributed by atoms with Gasteiger partial charge in [0.2, 0.25) is 0 Å². The summed E-state index contributed by atoms with van der Waals surface area (Å²) < 4.78 is 0. The topological polar surface area (TPSA) is 23.8 Å². The number of benzene rings is 1. The molecule has 1 aliphatic carbocycles. The number of nitriles is 1. The van der Waals surface area contributed by atoms with Gasteiger partial charge in [0.05, 0.1) is 11.6 Å². The zero-order valence-electron chi connectivity index (χ0n) is 14.9. The third-order valence-corrected chi connectivity index (χ3v) is 5.55. The summed E-state index contributed by atoms with van der Waals surface area (Å²) in [6.07, 6.45) is 16.8. The molecule has 1 fully saturated rings. The first-order chi connectivity index (χ1) is 11.3. The van der Waals surface area contributed by atoms with Crippen molar-refractivity contribution in [3.05, 3.63) is 35.4 Å². The molecular weight excluding hydrogens is 278 g/mol. The third kappa shape index (κ3) is 6.38. The van der Waals surface area contributed by atoms with E-state index in [0.717, 1.165) is 11.5 Å². The van der Waals surface area contributed by atoms with E-state index in [1.165, 1.54) is 82.6 Å². The molecule has 0 N–H and O–H groups in total. The van der Waals surface area contributed by atoms with Gasteiger partial charge >= 0.3 is 0 Å². The van der Waals surface area contributed by atoms with Crippen molar-refractivity contribution in [2.24, 2.45) is 5.92 Å². The van der Waals surface area contributed by atoms with Crippen molar-refractivity contribution in [2.75, 3.05) is 0 Å². The average molecular weight is 312 g/mol. The zero-order valence-corrected chi connectivity index (χ0v) is 14.9. The summed E-state index contributed by atoms with van der Waals surface area (Å²) in [7, 11) is 0. The Bertz CT molecular complexity index is 477. The summed E-state index contributed by atoms with van der Waals surface area (Å²) in [5.41, 5.74) is 2.20. The van der Waals surface area contributed by atoms with Gasteiger partial charge in [-0.1, -0.05) is 70.4 Å². The van der Waals surface area contributed by atoms with E-state index in [2.05, 4.69) is 25.1 Å². The SMILES string of the molecule is CCCCCCCCCC1CCC(c2cccc(C#N)c2)CC1. The van der Waals surface area contributed by atoms with Crippen LogP contribution in [0.3, 0.4) is 0 Å². The molecule has 1 aromatic carbocycles. The summed E-state index contributed by atoms with van der Waals surface area (Å²) in [6.45, 7) is 2.28. The smallest absolute Gasteiger partial charge is 0.0991 e. The van der Waals surface area contributed by atoms with E-state index in [0.29, 0.717) is 5.92 Å². The molecule has 0 atom stereocenters. The van der Waals surface area contributed by atoms with Gasteiger partial charge in [-0.05, 0) is 55.2 Å². The normalized spacial score (nSPS) is 21.0. The predicted octanol–water partition coefficient (Wildman–Crippen LogP) is 6.97. The van der Waals surface area contributed by atoms with Gasteiger partial charge in [-0.2, -0.15) is 5.26 Å². The second kappa shape index (κ2) is 10.5. The van der Waals surface area contributed by atoms with Gasteiger partial charge in [-0.3, -0.25) is 0 Å². The van der Waals surface area contributed by atoms with E-state index in [1.807, 2.05) is 12.1 Å². The van der Waals surface area contributed by atoms with E-state index >= 15 is 0 Å². The van der Waals surface area contributed by atoms with Crippen LogP contribution in [0.4, 0.5) is 0 Å². The lowest BCUT2D eigenvalue weighted by molar-refractivity contribution is 0.302. The van der Waals surface area contributed by atoms with Gasteiger partial charge in [0.1, 0.15) is 0 Å². The van der Waals surface area contributed by atoms with E-state index < -0.39 is 0 Å². The van der Waals surface area contributed by atoms with Crippen LogP contribution < -0.4 is 0 Å². The van der Waals surface area contributed by atoms with Gasteiger partial charge in [-0.25, -0.2) is 0 Å². The summed E-state index contributed by atoms with van der Waals surface area (Å²) in [5.74, 6) is 1.65. The van der Waals surface area contributed by atoms with E-state index in [4.69, 9.17) is 5.26 Å². The molecule has 0 unspecified atom stereocenters. The fourth-order valence-electron chi connectivity index (χ4n) is 4.04. The van der Waals surface area contributed by atoms with Crippen LogP contribution in [0, 0.1) is 17.2 Å². The number of hydrogen-bond donors (Lipinski definition) is 0. The van der Waals surface area contributed by atoms with Gasteiger partial charge in [0.15, 0.2) is 0 Å². The second-order valence-electron chi connectivity index (χ2n) is 7.36. The van der Waals surface area contributed by atoms with Crippen molar-refractivity contribution in [2.45, 2.75) is 89.9 Å². The molecule has 0 aliphatic heterocycles. The first-order valence-corrected chi connectivity index (χ1v) is 9.83. The van der Waals surface area contributed by atoms with Gasteiger partial charge in [0, 0.05) is 0 Å². The van der Waals surface area contributed by atoms with Crippen LogP contribution in [0.5, 0.6) is 0 Å². The molecule has 0 heterocycles. The van der Waals surface area contributed by atoms with Gasteiger partial charge in [-0.15, -0.1) is 0 Å². The van der Waals surface area contributed by atoms with Crippen LogP contribution >= 0.6 is 0 Å². The summed E-state index contributed by atoms with van der Waals surface area (Å²) in [5, 5.41) is 9.04. The second-order valence-corrected chi connectivity index (χ2v) is 7.36. The van der Waals surface area contributed by atoms with Crippen LogP contribution in [0.1, 0.15) is 101 Å². The molecule has 1 nitrogen and oxygen atoms in total. The highest BCUT2D eigenvalue weighted by atomic mass is 14.3. The zero-order chi connectivity index (χ0) is 16.3. The van der Waals surface area contributed by atoms with Crippen molar-refractivity contribution < 1.29 is 0 Å². The highest BCUT2D eigenvalue weighted by molar-refractivity contribution is 5.34. The molecule has 0 amide bonds. The molecular formula is C22H33N. The molecule has 1 aliphatic rings. The Balaban J connectivity index is 1.61. The Kier molecular flexibility index (Phi) is 8.23. The molecule has 0 bridgehead atoms. The lowest BCUT2D eigenvalue weighted by Crippen LogP contribution is -2.13. The van der Waals surface area contributed by atoms with E-state index in [1.54, 1.807) is 0 Å². The Morgan fingerprint density at radius 1 is 0.957 bits per heavy atom. The molecule has 2 rings (SSSR count). The van der Waals surface area contributed by atoms with Crippen LogP contribution in [-0.4, -0.2) is 0 Å².